The molecule has 0 atom stereocenters. The van der Waals surface area contributed by atoms with Crippen molar-refractivity contribution in [2.75, 3.05) is 18.5 Å². The number of aromatic nitrogens is 1. The molecule has 0 radical (unpaired) electrons. The molecule has 3 nitrogen and oxygen atoms in total. The van der Waals surface area contributed by atoms with Crippen LogP contribution in [0.3, 0.4) is 0 Å². The number of nitrogens with one attached hydrogen (secondary N) is 1. The molecule has 1 rings (SSSR count). The molecule has 0 spiro atoms. The van der Waals surface area contributed by atoms with Crippen LogP contribution in [0.25, 0.3) is 0 Å². The summed E-state index contributed by atoms with van der Waals surface area (Å²) >= 11 is 3.28. The number of pyridine rings is 1. The number of hydrogen-bond donors (Lipinski definition) is 1. The second-order valence-corrected chi connectivity index (χ2v) is 5.42. The molecule has 0 aliphatic rings. The van der Waals surface area contributed by atoms with E-state index >= 15 is 0 Å². The van der Waals surface area contributed by atoms with Crippen LogP contribution < -0.4 is 10.2 Å². The van der Waals surface area contributed by atoms with E-state index in [0.29, 0.717) is 12.4 Å². The molecule has 0 fully saturated rings. The lowest BCUT2D eigenvalue weighted by atomic mass is 10.2. The lowest BCUT2D eigenvalue weighted by molar-refractivity contribution is -0.120. The first kappa shape index (κ1) is 16.2. The molecule has 0 aliphatic carbocycles. The van der Waals surface area contributed by atoms with Gasteiger partial charge in [0.1, 0.15) is 12.4 Å². The minimum Gasteiger partial charge on any atom is -0.345 e. The van der Waals surface area contributed by atoms with Gasteiger partial charge in [-0.1, -0.05) is 0 Å². The summed E-state index contributed by atoms with van der Waals surface area (Å²) in [6, 6.07) is 1.50. The van der Waals surface area contributed by atoms with Gasteiger partial charge in [0.15, 0.2) is 0 Å². The van der Waals surface area contributed by atoms with E-state index in [1.54, 1.807) is 27.0 Å². The molecule has 7 heteroatoms. The van der Waals surface area contributed by atoms with Crippen LogP contribution in [0.5, 0.6) is 0 Å². The Kier molecular flexibility index (Phi) is 5.61. The standard InChI is InChI=1S/C12H17BrF3N3/c1-8(2)19(7-12(14,15)16)11-9(5-17-3)4-10(13)6-18-11/h4,6,8,17H,5,7H2,1-3H3. The van der Waals surface area contributed by atoms with E-state index in [1.807, 2.05) is 0 Å². The van der Waals surface area contributed by atoms with Gasteiger partial charge in [-0.05, 0) is 42.9 Å². The Morgan fingerprint density at radius 3 is 2.53 bits per heavy atom. The molecule has 1 N–H and O–H groups in total. The molecule has 0 aliphatic heterocycles. The van der Waals surface area contributed by atoms with Gasteiger partial charge in [-0.25, -0.2) is 4.98 Å². The zero-order valence-corrected chi connectivity index (χ0v) is 12.6. The van der Waals surface area contributed by atoms with Crippen molar-refractivity contribution in [2.45, 2.75) is 32.6 Å². The molecule has 1 aromatic rings. The monoisotopic (exact) mass is 339 g/mol. The number of rotatable bonds is 5. The van der Waals surface area contributed by atoms with Crippen molar-refractivity contribution in [3.63, 3.8) is 0 Å². The van der Waals surface area contributed by atoms with Gasteiger partial charge in [-0.2, -0.15) is 13.2 Å². The molecular weight excluding hydrogens is 323 g/mol. The molecular formula is C12H17BrF3N3. The lowest BCUT2D eigenvalue weighted by Crippen LogP contribution is -2.40. The van der Waals surface area contributed by atoms with Crippen molar-refractivity contribution in [2.24, 2.45) is 0 Å². The molecule has 0 unspecified atom stereocenters. The normalized spacial score (nSPS) is 12.0. The van der Waals surface area contributed by atoms with Crippen LogP contribution in [-0.4, -0.2) is 30.8 Å². The predicted molar refractivity (Wildman–Crippen MR) is 73.2 cm³/mol. The van der Waals surface area contributed by atoms with Crippen LogP contribution in [0.2, 0.25) is 0 Å². The third kappa shape index (κ3) is 4.99. The van der Waals surface area contributed by atoms with Gasteiger partial charge in [0.2, 0.25) is 0 Å². The Bertz CT molecular complexity index is 421. The first-order chi connectivity index (χ1) is 8.74. The van der Waals surface area contributed by atoms with Gasteiger partial charge in [0.25, 0.3) is 0 Å². The second-order valence-electron chi connectivity index (χ2n) is 4.50. The van der Waals surface area contributed by atoms with Crippen LogP contribution in [0, 0.1) is 0 Å². The molecule has 108 valence electrons. The Hall–Kier alpha value is -0.820. The Morgan fingerprint density at radius 2 is 2.05 bits per heavy atom. The van der Waals surface area contributed by atoms with E-state index in [4.69, 9.17) is 0 Å². The van der Waals surface area contributed by atoms with Crippen molar-refractivity contribution in [1.29, 1.82) is 0 Å². The summed E-state index contributed by atoms with van der Waals surface area (Å²) in [4.78, 5) is 5.40. The lowest BCUT2D eigenvalue weighted by Gasteiger charge is -2.30. The first-order valence-electron chi connectivity index (χ1n) is 5.87. The Morgan fingerprint density at radius 1 is 1.42 bits per heavy atom. The molecule has 1 heterocycles. The smallest absolute Gasteiger partial charge is 0.345 e. The fraction of sp³-hybridized carbons (Fsp3) is 0.583. The SMILES string of the molecule is CNCc1cc(Br)cnc1N(CC(F)(F)F)C(C)C. The number of hydrogen-bond acceptors (Lipinski definition) is 3. The Labute approximate surface area is 119 Å². The summed E-state index contributed by atoms with van der Waals surface area (Å²) in [6.07, 6.45) is -2.74. The minimum atomic E-state index is -4.25. The fourth-order valence-electron chi connectivity index (χ4n) is 1.75. The molecule has 1 aromatic heterocycles. The molecule has 19 heavy (non-hydrogen) atoms. The van der Waals surface area contributed by atoms with Gasteiger partial charge >= 0.3 is 6.18 Å². The van der Waals surface area contributed by atoms with E-state index in [9.17, 15) is 13.2 Å². The number of anilines is 1. The van der Waals surface area contributed by atoms with Gasteiger partial charge in [-0.15, -0.1) is 0 Å². The van der Waals surface area contributed by atoms with E-state index in [1.165, 1.54) is 11.1 Å². The van der Waals surface area contributed by atoms with Gasteiger partial charge in [0, 0.05) is 28.8 Å². The average molecular weight is 340 g/mol. The summed E-state index contributed by atoms with van der Waals surface area (Å²) in [5.41, 5.74) is 0.731. The van der Waals surface area contributed by atoms with Crippen LogP contribution in [0.15, 0.2) is 16.7 Å². The van der Waals surface area contributed by atoms with Crippen molar-refractivity contribution in [3.05, 3.63) is 22.3 Å². The van der Waals surface area contributed by atoms with Crippen LogP contribution in [-0.2, 0) is 6.54 Å². The van der Waals surface area contributed by atoms with E-state index < -0.39 is 12.7 Å². The van der Waals surface area contributed by atoms with Crippen LogP contribution in [0.4, 0.5) is 19.0 Å². The second kappa shape index (κ2) is 6.56. The average Bonchev–Trinajstić information content (AvgIpc) is 2.25. The highest BCUT2D eigenvalue weighted by Crippen LogP contribution is 2.27. The van der Waals surface area contributed by atoms with Crippen LogP contribution in [0.1, 0.15) is 19.4 Å². The summed E-state index contributed by atoms with van der Waals surface area (Å²) in [7, 11) is 1.74. The zero-order valence-electron chi connectivity index (χ0n) is 11.1. The van der Waals surface area contributed by atoms with Gasteiger partial charge in [-0.3, -0.25) is 0 Å². The van der Waals surface area contributed by atoms with Crippen molar-refractivity contribution in [1.82, 2.24) is 10.3 Å². The molecule has 0 saturated heterocycles. The molecule has 0 amide bonds. The maximum atomic E-state index is 12.7. The van der Waals surface area contributed by atoms with E-state index in [0.717, 1.165) is 10.0 Å². The Balaban J connectivity index is 3.14. The van der Waals surface area contributed by atoms with Crippen molar-refractivity contribution in [3.8, 4) is 0 Å². The van der Waals surface area contributed by atoms with Crippen molar-refractivity contribution >= 4 is 21.7 Å². The summed E-state index contributed by atoms with van der Waals surface area (Å²) in [5.74, 6) is 0.366. The number of nitrogens with zero attached hydrogens (tertiary/aromatic N) is 2. The fourth-order valence-corrected chi connectivity index (χ4v) is 2.13. The van der Waals surface area contributed by atoms with Gasteiger partial charge < -0.3 is 10.2 Å². The molecule has 0 bridgehead atoms. The maximum absolute atomic E-state index is 12.7. The zero-order chi connectivity index (χ0) is 14.6. The summed E-state index contributed by atoms with van der Waals surface area (Å²) < 4.78 is 38.7. The van der Waals surface area contributed by atoms with E-state index in [-0.39, 0.29) is 6.04 Å². The highest BCUT2D eigenvalue weighted by atomic mass is 79.9. The first-order valence-corrected chi connectivity index (χ1v) is 6.66. The quantitative estimate of drug-likeness (QED) is 0.891. The molecule has 0 aromatic carbocycles. The number of alkyl halides is 3. The van der Waals surface area contributed by atoms with Crippen LogP contribution >= 0.6 is 15.9 Å². The number of halogens is 4. The third-order valence-electron chi connectivity index (χ3n) is 2.52. The van der Waals surface area contributed by atoms with E-state index in [2.05, 4.69) is 26.2 Å². The minimum absolute atomic E-state index is 0.286. The topological polar surface area (TPSA) is 28.2 Å². The predicted octanol–water partition coefficient (Wildman–Crippen LogP) is 3.34. The highest BCUT2D eigenvalue weighted by Gasteiger charge is 2.33. The largest absolute Gasteiger partial charge is 0.405 e. The molecule has 0 saturated carbocycles. The third-order valence-corrected chi connectivity index (χ3v) is 2.96. The van der Waals surface area contributed by atoms with Crippen molar-refractivity contribution < 1.29 is 13.2 Å². The highest BCUT2D eigenvalue weighted by molar-refractivity contribution is 9.10. The summed E-state index contributed by atoms with van der Waals surface area (Å²) in [6.45, 7) is 2.90. The maximum Gasteiger partial charge on any atom is 0.405 e. The van der Waals surface area contributed by atoms with Gasteiger partial charge in [0.05, 0.1) is 0 Å². The summed E-state index contributed by atoms with van der Waals surface area (Å²) in [5, 5.41) is 2.94.